The minimum absolute atomic E-state index is 0.367. The van der Waals surface area contributed by atoms with Gasteiger partial charge in [-0.2, -0.15) is 0 Å². The van der Waals surface area contributed by atoms with Crippen LogP contribution in [0.5, 0.6) is 0 Å². The lowest BCUT2D eigenvalue weighted by atomic mass is 9.93. The quantitative estimate of drug-likeness (QED) is 0.556. The summed E-state index contributed by atoms with van der Waals surface area (Å²) in [6.07, 6.45) is 5.59. The fourth-order valence-electron chi connectivity index (χ4n) is 1.61. The van der Waals surface area contributed by atoms with E-state index < -0.39 is 0 Å². The van der Waals surface area contributed by atoms with Gasteiger partial charge in [0.2, 0.25) is 0 Å². The van der Waals surface area contributed by atoms with Crippen molar-refractivity contribution in [2.24, 2.45) is 0 Å². The molecule has 1 fully saturated rings. The molecule has 1 unspecified atom stereocenters. The Morgan fingerprint density at radius 3 is 2.82 bits per heavy atom. The van der Waals surface area contributed by atoms with Gasteiger partial charge >= 0.3 is 0 Å². The van der Waals surface area contributed by atoms with Crippen molar-refractivity contribution in [3.8, 4) is 0 Å². The second kappa shape index (κ2) is 3.91. The van der Waals surface area contributed by atoms with Crippen molar-refractivity contribution in [2.45, 2.75) is 51.7 Å². The lowest BCUT2D eigenvalue weighted by Crippen LogP contribution is -2.21. The lowest BCUT2D eigenvalue weighted by molar-refractivity contribution is -0.00271. The summed E-state index contributed by atoms with van der Waals surface area (Å²) in [7, 11) is 0. The molecule has 0 aliphatic heterocycles. The number of rotatable bonds is 2. The van der Waals surface area contributed by atoms with Crippen LogP contribution in [0.15, 0.2) is 12.2 Å². The Morgan fingerprint density at radius 2 is 2.27 bits per heavy atom. The highest BCUT2D eigenvalue weighted by Crippen LogP contribution is 2.24. The van der Waals surface area contributed by atoms with Gasteiger partial charge in [0.25, 0.3) is 0 Å². The number of hydrogen-bond donors (Lipinski definition) is 0. The lowest BCUT2D eigenvalue weighted by Gasteiger charge is -2.25. The second-order valence-corrected chi connectivity index (χ2v) is 3.65. The van der Waals surface area contributed by atoms with Crippen LogP contribution in [-0.2, 0) is 4.74 Å². The zero-order valence-corrected chi connectivity index (χ0v) is 7.60. The molecule has 1 rings (SSSR count). The van der Waals surface area contributed by atoms with Crippen LogP contribution in [0.4, 0.5) is 0 Å². The van der Waals surface area contributed by atoms with E-state index in [1.54, 1.807) is 0 Å². The van der Waals surface area contributed by atoms with Crippen LogP contribution in [0.1, 0.15) is 39.5 Å². The number of hydrogen-bond acceptors (Lipinski definition) is 1. The molecule has 0 heterocycles. The molecular formula is C10H18O. The molecule has 0 N–H and O–H groups in total. The van der Waals surface area contributed by atoms with Gasteiger partial charge in [0.1, 0.15) is 0 Å². The second-order valence-electron chi connectivity index (χ2n) is 3.65. The first kappa shape index (κ1) is 8.79. The van der Waals surface area contributed by atoms with Crippen LogP contribution in [-0.4, -0.2) is 12.2 Å². The van der Waals surface area contributed by atoms with Gasteiger partial charge in [-0.25, -0.2) is 0 Å². The smallest absolute Gasteiger partial charge is 0.0615 e. The van der Waals surface area contributed by atoms with E-state index in [1.165, 1.54) is 24.8 Å². The van der Waals surface area contributed by atoms with E-state index in [2.05, 4.69) is 20.4 Å². The van der Waals surface area contributed by atoms with E-state index in [1.807, 2.05) is 0 Å². The van der Waals surface area contributed by atoms with Crippen molar-refractivity contribution in [3.05, 3.63) is 12.2 Å². The van der Waals surface area contributed by atoms with Gasteiger partial charge in [0, 0.05) is 0 Å². The van der Waals surface area contributed by atoms with Gasteiger partial charge in [-0.15, -0.1) is 0 Å². The maximum atomic E-state index is 5.70. The third-order valence-electron chi connectivity index (χ3n) is 2.04. The summed E-state index contributed by atoms with van der Waals surface area (Å²) in [6, 6.07) is 0. The fraction of sp³-hybridized carbons (Fsp3) is 0.800. The van der Waals surface area contributed by atoms with E-state index in [0.717, 1.165) is 6.42 Å². The largest absolute Gasteiger partial charge is 0.375 e. The van der Waals surface area contributed by atoms with Gasteiger partial charge in [0.15, 0.2) is 0 Å². The molecule has 1 heteroatoms. The molecule has 1 nitrogen and oxygen atoms in total. The summed E-state index contributed by atoms with van der Waals surface area (Å²) in [5, 5.41) is 0. The summed E-state index contributed by atoms with van der Waals surface area (Å²) in [4.78, 5) is 0. The summed E-state index contributed by atoms with van der Waals surface area (Å²) in [5.74, 6) is 0. The first-order valence-electron chi connectivity index (χ1n) is 4.50. The molecule has 1 aliphatic rings. The fourth-order valence-corrected chi connectivity index (χ4v) is 1.61. The molecule has 0 saturated heterocycles. The molecule has 0 aromatic heterocycles. The molecule has 0 aromatic rings. The minimum Gasteiger partial charge on any atom is -0.375 e. The molecule has 1 atom stereocenters. The zero-order chi connectivity index (χ0) is 8.27. The Balaban J connectivity index is 2.28. The van der Waals surface area contributed by atoms with Gasteiger partial charge in [-0.3, -0.25) is 0 Å². The molecule has 11 heavy (non-hydrogen) atoms. The summed E-state index contributed by atoms with van der Waals surface area (Å²) >= 11 is 0. The van der Waals surface area contributed by atoms with E-state index >= 15 is 0 Å². The average molecular weight is 154 g/mol. The SMILES string of the molecule is C=C1CCCC(OC(C)C)C1. The van der Waals surface area contributed by atoms with Crippen molar-refractivity contribution in [1.82, 2.24) is 0 Å². The van der Waals surface area contributed by atoms with Crippen LogP contribution < -0.4 is 0 Å². The van der Waals surface area contributed by atoms with Gasteiger partial charge in [0.05, 0.1) is 12.2 Å². The van der Waals surface area contributed by atoms with Gasteiger partial charge < -0.3 is 4.74 Å². The van der Waals surface area contributed by atoms with Crippen molar-refractivity contribution in [1.29, 1.82) is 0 Å². The Hall–Kier alpha value is -0.300. The third kappa shape index (κ3) is 3.06. The predicted molar refractivity (Wildman–Crippen MR) is 47.6 cm³/mol. The maximum absolute atomic E-state index is 5.70. The van der Waals surface area contributed by atoms with Crippen molar-refractivity contribution < 1.29 is 4.74 Å². The average Bonchev–Trinajstić information content (AvgIpc) is 1.85. The highest BCUT2D eigenvalue weighted by molar-refractivity contribution is 4.99. The molecule has 1 aliphatic carbocycles. The summed E-state index contributed by atoms with van der Waals surface area (Å²) in [6.45, 7) is 8.18. The van der Waals surface area contributed by atoms with E-state index in [4.69, 9.17) is 4.74 Å². The molecule has 0 spiro atoms. The topological polar surface area (TPSA) is 9.23 Å². The highest BCUT2D eigenvalue weighted by Gasteiger charge is 2.16. The van der Waals surface area contributed by atoms with Crippen molar-refractivity contribution >= 4 is 0 Å². The summed E-state index contributed by atoms with van der Waals surface area (Å²) < 4.78 is 5.70. The Kier molecular flexibility index (Phi) is 3.13. The van der Waals surface area contributed by atoms with E-state index in [9.17, 15) is 0 Å². The third-order valence-corrected chi connectivity index (χ3v) is 2.04. The Labute approximate surface area is 69.4 Å². The van der Waals surface area contributed by atoms with E-state index in [0.29, 0.717) is 12.2 Å². The molecule has 0 amide bonds. The van der Waals surface area contributed by atoms with Crippen LogP contribution >= 0.6 is 0 Å². The van der Waals surface area contributed by atoms with Crippen LogP contribution in [0.2, 0.25) is 0 Å². The first-order chi connectivity index (χ1) is 5.18. The van der Waals surface area contributed by atoms with Crippen molar-refractivity contribution in [2.75, 3.05) is 0 Å². The maximum Gasteiger partial charge on any atom is 0.0615 e. The molecule has 0 radical (unpaired) electrons. The molecule has 1 saturated carbocycles. The summed E-state index contributed by atoms with van der Waals surface area (Å²) in [5.41, 5.74) is 1.36. The predicted octanol–water partition coefficient (Wildman–Crippen LogP) is 2.91. The van der Waals surface area contributed by atoms with Crippen molar-refractivity contribution in [3.63, 3.8) is 0 Å². The van der Waals surface area contributed by atoms with E-state index in [-0.39, 0.29) is 0 Å². The van der Waals surface area contributed by atoms with Gasteiger partial charge in [-0.1, -0.05) is 12.2 Å². The van der Waals surface area contributed by atoms with Gasteiger partial charge in [-0.05, 0) is 39.5 Å². The molecule has 0 bridgehead atoms. The monoisotopic (exact) mass is 154 g/mol. The zero-order valence-electron chi connectivity index (χ0n) is 7.60. The van der Waals surface area contributed by atoms with Crippen LogP contribution in [0.3, 0.4) is 0 Å². The molecule has 64 valence electrons. The standard InChI is InChI=1S/C10H18O/c1-8(2)11-10-6-4-5-9(3)7-10/h8,10H,3-7H2,1-2H3. The Morgan fingerprint density at radius 1 is 1.55 bits per heavy atom. The molecule has 0 aromatic carbocycles. The normalized spacial score (nSPS) is 26.1. The first-order valence-corrected chi connectivity index (χ1v) is 4.50. The van der Waals surface area contributed by atoms with Crippen LogP contribution in [0.25, 0.3) is 0 Å². The Bertz CT molecular complexity index is 138. The van der Waals surface area contributed by atoms with Crippen LogP contribution in [0, 0.1) is 0 Å². The highest BCUT2D eigenvalue weighted by atomic mass is 16.5. The molecular weight excluding hydrogens is 136 g/mol. The minimum atomic E-state index is 0.367. The number of ether oxygens (including phenoxy) is 1.